The molecule has 10 rings (SSSR count). The van der Waals surface area contributed by atoms with Crippen LogP contribution in [0.2, 0.25) is 0 Å². The Kier molecular flexibility index (Phi) is 21.3. The molecule has 4 heterocycles. The summed E-state index contributed by atoms with van der Waals surface area (Å²) in [5.41, 5.74) is 9.38. The van der Waals surface area contributed by atoms with E-state index in [9.17, 15) is 30.6 Å². The fraction of sp³-hybridized carbons (Fsp3) is 0.143. The van der Waals surface area contributed by atoms with Gasteiger partial charge in [0.25, 0.3) is 0 Å². The second kappa shape index (κ2) is 26.2. The van der Waals surface area contributed by atoms with Crippen molar-refractivity contribution in [2.24, 2.45) is 0 Å². The van der Waals surface area contributed by atoms with Crippen LogP contribution in [0.3, 0.4) is 0 Å². The van der Waals surface area contributed by atoms with Crippen LogP contribution in [0.1, 0.15) is 45.0 Å². The molecule has 4 aromatic heterocycles. The third-order valence-electron chi connectivity index (χ3n) is 10.3. The summed E-state index contributed by atoms with van der Waals surface area (Å²) in [6.45, 7) is 15.0. The molecular weight excluding hydrogens is 879 g/mol. The predicted molar refractivity (Wildman–Crippen MR) is 266 cm³/mol. The van der Waals surface area contributed by atoms with E-state index in [4.69, 9.17) is 0 Å². The van der Waals surface area contributed by atoms with Gasteiger partial charge in [0.15, 0.2) is 0 Å². The van der Waals surface area contributed by atoms with Crippen LogP contribution < -0.4 is 30.6 Å². The number of para-hydroxylation sites is 5. The molecule has 68 heavy (non-hydrogen) atoms. The van der Waals surface area contributed by atoms with Gasteiger partial charge in [-0.15, -0.1) is 11.5 Å². The number of nitrogens with zero attached hydrogens (tertiary/aromatic N) is 4. The number of benzene rings is 6. The summed E-state index contributed by atoms with van der Waals surface area (Å²) >= 11 is 0. The molecule has 0 unspecified atom stereocenters. The quantitative estimate of drug-likeness (QED) is 0.133. The van der Waals surface area contributed by atoms with Gasteiger partial charge in [0.05, 0.1) is 22.1 Å². The molecule has 0 spiro atoms. The second-order valence-electron chi connectivity index (χ2n) is 15.5. The smallest absolute Gasteiger partial charge is 0.872 e. The van der Waals surface area contributed by atoms with Crippen molar-refractivity contribution in [2.45, 2.75) is 55.4 Å². The SMILES string of the molecule is Cc1ccc2cccc([O-])c2n1.Cc1ccc2cccc([O-])c2n1.Cc1ccc2cccc([O-])c2n1.Cc1ccc2cccc([O-])c2n1.Cc1cccc(C)c1[O-].Cc1cccc([O-])c1C.[Al+3].[Al+3]. The van der Waals surface area contributed by atoms with Crippen molar-refractivity contribution in [3.05, 3.63) is 203 Å². The van der Waals surface area contributed by atoms with Gasteiger partial charge < -0.3 is 30.6 Å². The molecule has 0 fully saturated rings. The molecule has 6 aromatic carbocycles. The van der Waals surface area contributed by atoms with Gasteiger partial charge in [-0.2, -0.15) is 0 Å². The van der Waals surface area contributed by atoms with E-state index in [2.05, 4.69) is 19.9 Å². The van der Waals surface area contributed by atoms with E-state index in [0.29, 0.717) is 22.1 Å². The van der Waals surface area contributed by atoms with Gasteiger partial charge in [0.2, 0.25) is 0 Å². The first-order chi connectivity index (χ1) is 31.5. The Labute approximate surface area is 419 Å². The van der Waals surface area contributed by atoms with Gasteiger partial charge in [-0.25, -0.2) is 0 Å². The molecule has 0 saturated carbocycles. The van der Waals surface area contributed by atoms with Crippen LogP contribution in [0.5, 0.6) is 34.5 Å². The van der Waals surface area contributed by atoms with Gasteiger partial charge in [-0.1, -0.05) is 173 Å². The van der Waals surface area contributed by atoms with Crippen molar-refractivity contribution in [1.29, 1.82) is 0 Å². The molecule has 0 N–H and O–H groups in total. The molecular formula is C56H50Al2N4O6. The van der Waals surface area contributed by atoms with Crippen LogP contribution in [0.4, 0.5) is 0 Å². The number of pyridine rings is 4. The van der Waals surface area contributed by atoms with Crippen LogP contribution in [0.25, 0.3) is 43.6 Å². The fourth-order valence-corrected chi connectivity index (χ4v) is 6.39. The third-order valence-corrected chi connectivity index (χ3v) is 10.3. The van der Waals surface area contributed by atoms with Crippen LogP contribution in [-0.2, 0) is 0 Å². The number of hydrogen-bond acceptors (Lipinski definition) is 10. The minimum Gasteiger partial charge on any atom is -0.872 e. The largest absolute Gasteiger partial charge is 3.00 e. The first-order valence-electron chi connectivity index (χ1n) is 21.1. The van der Waals surface area contributed by atoms with Gasteiger partial charge in [0, 0.05) is 22.8 Å². The minimum atomic E-state index is -0.00352. The van der Waals surface area contributed by atoms with Crippen LogP contribution >= 0.6 is 0 Å². The Hall–Kier alpha value is -7.18. The number of aryl methyl sites for hydroxylation is 7. The van der Waals surface area contributed by atoms with E-state index in [1.165, 1.54) is 24.3 Å². The van der Waals surface area contributed by atoms with E-state index in [1.807, 2.05) is 152 Å². The average Bonchev–Trinajstić information content (AvgIpc) is 3.30. The summed E-state index contributed by atoms with van der Waals surface area (Å²) in [5.74, 6) is 0.285. The van der Waals surface area contributed by atoms with Crippen LogP contribution in [0.15, 0.2) is 158 Å². The van der Waals surface area contributed by atoms with Gasteiger partial charge in [0.1, 0.15) is 0 Å². The summed E-state index contributed by atoms with van der Waals surface area (Å²) in [7, 11) is 0. The third kappa shape index (κ3) is 15.5. The Morgan fingerprint density at radius 1 is 0.265 bits per heavy atom. The molecule has 0 bridgehead atoms. The Balaban J connectivity index is 0.000000216. The van der Waals surface area contributed by atoms with Gasteiger partial charge >= 0.3 is 34.7 Å². The summed E-state index contributed by atoms with van der Waals surface area (Å²) < 4.78 is 0. The Morgan fingerprint density at radius 2 is 0.500 bits per heavy atom. The van der Waals surface area contributed by atoms with Crippen molar-refractivity contribution in [1.82, 2.24) is 19.9 Å². The predicted octanol–water partition coefficient (Wildman–Crippen LogP) is 8.46. The van der Waals surface area contributed by atoms with E-state index < -0.39 is 0 Å². The first kappa shape index (κ1) is 55.2. The molecule has 0 amide bonds. The fourth-order valence-electron chi connectivity index (χ4n) is 6.39. The zero-order chi connectivity index (χ0) is 47.9. The molecule has 0 aliphatic carbocycles. The first-order valence-corrected chi connectivity index (χ1v) is 21.1. The summed E-state index contributed by atoms with van der Waals surface area (Å²) in [6.07, 6.45) is 0. The maximum Gasteiger partial charge on any atom is 3.00 e. The molecule has 0 aliphatic rings. The van der Waals surface area contributed by atoms with Gasteiger partial charge in [-0.3, -0.25) is 19.9 Å². The van der Waals surface area contributed by atoms with E-state index in [1.54, 1.807) is 36.4 Å². The number of aromatic nitrogens is 4. The second-order valence-corrected chi connectivity index (χ2v) is 15.5. The summed E-state index contributed by atoms with van der Waals surface area (Å²) in [4.78, 5) is 16.7. The zero-order valence-electron chi connectivity index (χ0n) is 39.4. The topological polar surface area (TPSA) is 190 Å². The Bertz CT molecular complexity index is 2820. The molecule has 0 saturated heterocycles. The van der Waals surface area contributed by atoms with Crippen LogP contribution in [-0.4, -0.2) is 54.7 Å². The Morgan fingerprint density at radius 3 is 0.750 bits per heavy atom. The monoisotopic (exact) mass is 928 g/mol. The molecule has 10 aromatic rings. The van der Waals surface area contributed by atoms with Crippen molar-refractivity contribution >= 4 is 78.3 Å². The van der Waals surface area contributed by atoms with Gasteiger partial charge in [-0.05, 0) is 107 Å². The van der Waals surface area contributed by atoms with Crippen LogP contribution in [0, 0.1) is 55.4 Å². The van der Waals surface area contributed by atoms with Crippen molar-refractivity contribution in [3.8, 4) is 34.5 Å². The summed E-state index contributed by atoms with van der Waals surface area (Å²) in [6, 6.07) is 46.9. The number of hydrogen-bond donors (Lipinski definition) is 0. The number of rotatable bonds is 0. The molecule has 12 heteroatoms. The average molecular weight is 929 g/mol. The standard InChI is InChI=1S/4C10H9NO.2C8H10O.2Al/c4*1-7-5-6-8-3-2-4-9(12)10(8)11-7;1-6-4-3-5-8(9)7(6)2;1-6-4-3-5-7(2)8(6)9;;/h4*2-6,12H,1H3;2*3-5,9H,1-2H3;;/q;;;;;;2*+3/p-6. The van der Waals surface area contributed by atoms with Crippen molar-refractivity contribution < 1.29 is 30.6 Å². The number of fused-ring (bicyclic) bond motifs is 4. The maximum absolute atomic E-state index is 11.3. The summed E-state index contributed by atoms with van der Waals surface area (Å²) in [5, 5.41) is 70.5. The molecule has 0 aliphatic heterocycles. The molecule has 0 radical (unpaired) electrons. The molecule has 0 atom stereocenters. The van der Waals surface area contributed by atoms with Crippen molar-refractivity contribution in [3.63, 3.8) is 0 Å². The molecule has 336 valence electrons. The van der Waals surface area contributed by atoms with E-state index >= 15 is 0 Å². The zero-order valence-corrected chi connectivity index (χ0v) is 41.7. The normalized spacial score (nSPS) is 9.88. The molecule has 10 nitrogen and oxygen atoms in total. The van der Waals surface area contributed by atoms with Crippen molar-refractivity contribution in [2.75, 3.05) is 0 Å². The maximum atomic E-state index is 11.3. The minimum absolute atomic E-state index is 0. The van der Waals surface area contributed by atoms with E-state index in [0.717, 1.165) is 66.6 Å². The van der Waals surface area contributed by atoms with E-state index in [-0.39, 0.29) is 69.2 Å².